The molecule has 0 aromatic heterocycles. The van der Waals surface area contributed by atoms with E-state index in [0.29, 0.717) is 10.0 Å². The molecule has 0 saturated carbocycles. The summed E-state index contributed by atoms with van der Waals surface area (Å²) in [6.45, 7) is 1.88. The highest BCUT2D eigenvalue weighted by Gasteiger charge is 2.13. The third kappa shape index (κ3) is 3.14. The summed E-state index contributed by atoms with van der Waals surface area (Å²) < 4.78 is 14.4. The highest BCUT2D eigenvalue weighted by Crippen LogP contribution is 2.24. The monoisotopic (exact) mass is 341 g/mol. The summed E-state index contributed by atoms with van der Waals surface area (Å²) in [7, 11) is 0. The van der Waals surface area contributed by atoms with Gasteiger partial charge in [0.05, 0.1) is 16.3 Å². The van der Waals surface area contributed by atoms with Crippen LogP contribution in [-0.2, 0) is 0 Å². The van der Waals surface area contributed by atoms with Crippen molar-refractivity contribution < 1.29 is 9.18 Å². The van der Waals surface area contributed by atoms with Crippen LogP contribution in [0.25, 0.3) is 0 Å². The molecule has 0 atom stereocenters. The Morgan fingerprint density at radius 3 is 2.79 bits per heavy atom. The van der Waals surface area contributed by atoms with Crippen LogP contribution >= 0.6 is 27.5 Å². The molecule has 1 amide bonds. The zero-order chi connectivity index (χ0) is 14.0. The minimum absolute atomic E-state index is 0.0268. The summed E-state index contributed by atoms with van der Waals surface area (Å²) in [5.74, 6) is -1.03. The molecule has 0 aliphatic carbocycles. The van der Waals surface area contributed by atoms with Crippen LogP contribution in [0.3, 0.4) is 0 Å². The summed E-state index contributed by atoms with van der Waals surface area (Å²) in [5, 5.41) is 2.48. The number of amides is 1. The summed E-state index contributed by atoms with van der Waals surface area (Å²) in [4.78, 5) is 12.1. The van der Waals surface area contributed by atoms with Gasteiger partial charge >= 0.3 is 0 Å². The highest BCUT2D eigenvalue weighted by atomic mass is 79.9. The molecule has 19 heavy (non-hydrogen) atoms. The number of carbonyl (C=O) groups excluding carboxylic acids is 1. The molecule has 0 bridgehead atoms. The van der Waals surface area contributed by atoms with Crippen molar-refractivity contribution >= 4 is 39.1 Å². The Kier molecular flexibility index (Phi) is 4.22. The number of nitrogens with one attached hydrogen (secondary N) is 1. The first kappa shape index (κ1) is 14.0. The van der Waals surface area contributed by atoms with Gasteiger partial charge < -0.3 is 5.32 Å². The van der Waals surface area contributed by atoms with E-state index in [1.807, 2.05) is 13.0 Å². The lowest BCUT2D eigenvalue weighted by molar-refractivity contribution is 0.102. The second-order valence-electron chi connectivity index (χ2n) is 4.04. The molecule has 0 heterocycles. The molecule has 2 rings (SSSR count). The third-order valence-corrected chi connectivity index (χ3v) is 3.55. The van der Waals surface area contributed by atoms with Crippen molar-refractivity contribution in [2.24, 2.45) is 0 Å². The summed E-state index contributed by atoms with van der Waals surface area (Å²) in [6.07, 6.45) is 0. The van der Waals surface area contributed by atoms with Crippen molar-refractivity contribution in [2.45, 2.75) is 6.92 Å². The van der Waals surface area contributed by atoms with E-state index < -0.39 is 11.7 Å². The maximum absolute atomic E-state index is 13.7. The fourth-order valence-corrected chi connectivity index (χ4v) is 2.20. The molecule has 1 N–H and O–H groups in total. The Bertz CT molecular complexity index is 645. The number of halogens is 3. The van der Waals surface area contributed by atoms with Crippen LogP contribution in [0, 0.1) is 12.7 Å². The van der Waals surface area contributed by atoms with Gasteiger partial charge in [-0.3, -0.25) is 4.79 Å². The van der Waals surface area contributed by atoms with Crippen LogP contribution in [0.15, 0.2) is 40.9 Å². The predicted molar refractivity (Wildman–Crippen MR) is 78.2 cm³/mol. The van der Waals surface area contributed by atoms with Gasteiger partial charge in [0, 0.05) is 4.47 Å². The van der Waals surface area contributed by atoms with Gasteiger partial charge in [-0.1, -0.05) is 29.3 Å². The molecule has 0 spiro atoms. The smallest absolute Gasteiger partial charge is 0.256 e. The first-order chi connectivity index (χ1) is 8.99. The van der Waals surface area contributed by atoms with Crippen molar-refractivity contribution in [3.8, 4) is 0 Å². The van der Waals surface area contributed by atoms with Gasteiger partial charge in [-0.05, 0) is 47.1 Å². The van der Waals surface area contributed by atoms with Gasteiger partial charge in [0.15, 0.2) is 5.82 Å². The molecule has 5 heteroatoms. The molecule has 98 valence electrons. The second kappa shape index (κ2) is 5.72. The predicted octanol–water partition coefficient (Wildman–Crippen LogP) is 4.80. The SMILES string of the molecule is Cc1ccc(Br)c(C(=O)Nc2cccc(Cl)c2F)c1. The maximum Gasteiger partial charge on any atom is 0.256 e. The van der Waals surface area contributed by atoms with Crippen molar-refractivity contribution in [2.75, 3.05) is 5.32 Å². The van der Waals surface area contributed by atoms with Crippen LogP contribution in [0.5, 0.6) is 0 Å². The Hall–Kier alpha value is -1.39. The van der Waals surface area contributed by atoms with Crippen LogP contribution in [0.4, 0.5) is 10.1 Å². The quantitative estimate of drug-likeness (QED) is 0.834. The van der Waals surface area contributed by atoms with Crippen LogP contribution in [-0.4, -0.2) is 5.91 Å². The van der Waals surface area contributed by atoms with Crippen LogP contribution < -0.4 is 5.32 Å². The minimum atomic E-state index is -0.638. The number of carbonyl (C=O) groups is 1. The molecule has 2 aromatic carbocycles. The molecule has 0 unspecified atom stereocenters. The zero-order valence-corrected chi connectivity index (χ0v) is 12.3. The average molecular weight is 343 g/mol. The van der Waals surface area contributed by atoms with Crippen LogP contribution in [0.2, 0.25) is 5.02 Å². The van der Waals surface area contributed by atoms with Crippen molar-refractivity contribution in [1.82, 2.24) is 0 Å². The molecule has 2 aromatic rings. The van der Waals surface area contributed by atoms with Crippen molar-refractivity contribution in [3.05, 3.63) is 62.8 Å². The van der Waals surface area contributed by atoms with E-state index in [1.54, 1.807) is 18.2 Å². The number of anilines is 1. The third-order valence-electron chi connectivity index (χ3n) is 2.57. The lowest BCUT2D eigenvalue weighted by Crippen LogP contribution is -2.14. The number of rotatable bonds is 2. The first-order valence-electron chi connectivity index (χ1n) is 5.50. The van der Waals surface area contributed by atoms with Crippen molar-refractivity contribution in [1.29, 1.82) is 0 Å². The lowest BCUT2D eigenvalue weighted by Gasteiger charge is -2.09. The molecular weight excluding hydrogens is 333 g/mol. The molecular formula is C14H10BrClFNO. The van der Waals surface area contributed by atoms with Gasteiger partial charge in [0.1, 0.15) is 0 Å². The summed E-state index contributed by atoms with van der Waals surface area (Å²) >= 11 is 8.96. The molecule has 0 aliphatic rings. The summed E-state index contributed by atoms with van der Waals surface area (Å²) in [6, 6.07) is 9.84. The fraction of sp³-hybridized carbons (Fsp3) is 0.0714. The van der Waals surface area contributed by atoms with Gasteiger partial charge in [0.2, 0.25) is 0 Å². The van der Waals surface area contributed by atoms with E-state index in [4.69, 9.17) is 11.6 Å². The van der Waals surface area contributed by atoms with Gasteiger partial charge in [-0.2, -0.15) is 0 Å². The normalized spacial score (nSPS) is 10.3. The average Bonchev–Trinajstić information content (AvgIpc) is 2.38. The van der Waals surface area contributed by atoms with Gasteiger partial charge in [-0.15, -0.1) is 0 Å². The van der Waals surface area contributed by atoms with Gasteiger partial charge in [-0.25, -0.2) is 4.39 Å². The van der Waals surface area contributed by atoms with E-state index in [1.165, 1.54) is 12.1 Å². The molecule has 0 radical (unpaired) electrons. The van der Waals surface area contributed by atoms with E-state index >= 15 is 0 Å². The van der Waals surface area contributed by atoms with Crippen LogP contribution in [0.1, 0.15) is 15.9 Å². The Morgan fingerprint density at radius 2 is 2.05 bits per heavy atom. The maximum atomic E-state index is 13.7. The standard InChI is InChI=1S/C14H10BrClFNO/c1-8-5-6-10(15)9(7-8)14(19)18-12-4-2-3-11(16)13(12)17/h2-7H,1H3,(H,18,19). The minimum Gasteiger partial charge on any atom is -0.319 e. The number of hydrogen-bond donors (Lipinski definition) is 1. The molecule has 2 nitrogen and oxygen atoms in total. The molecule has 0 fully saturated rings. The number of aryl methyl sites for hydroxylation is 1. The summed E-state index contributed by atoms with van der Waals surface area (Å²) in [5.41, 5.74) is 1.45. The molecule has 0 aliphatic heterocycles. The first-order valence-corrected chi connectivity index (χ1v) is 6.67. The lowest BCUT2D eigenvalue weighted by atomic mass is 10.1. The molecule has 0 saturated heterocycles. The Morgan fingerprint density at radius 1 is 1.32 bits per heavy atom. The Labute approximate surface area is 123 Å². The largest absolute Gasteiger partial charge is 0.319 e. The van der Waals surface area contributed by atoms with E-state index in [9.17, 15) is 9.18 Å². The second-order valence-corrected chi connectivity index (χ2v) is 5.30. The van der Waals surface area contributed by atoms with Crippen molar-refractivity contribution in [3.63, 3.8) is 0 Å². The Balaban J connectivity index is 2.31. The van der Waals surface area contributed by atoms with E-state index in [0.717, 1.165) is 5.56 Å². The number of benzene rings is 2. The van der Waals surface area contributed by atoms with Gasteiger partial charge in [0.25, 0.3) is 5.91 Å². The highest BCUT2D eigenvalue weighted by molar-refractivity contribution is 9.10. The van der Waals surface area contributed by atoms with E-state index in [2.05, 4.69) is 21.2 Å². The zero-order valence-electron chi connectivity index (χ0n) is 10.0. The number of hydrogen-bond acceptors (Lipinski definition) is 1. The van der Waals surface area contributed by atoms with E-state index in [-0.39, 0.29) is 10.7 Å². The topological polar surface area (TPSA) is 29.1 Å². The fourth-order valence-electron chi connectivity index (χ4n) is 1.60.